The molecule has 0 aromatic carbocycles. The third kappa shape index (κ3) is 4.28. The number of hydrogen-bond acceptors (Lipinski definition) is 4. The van der Waals surface area contributed by atoms with Gasteiger partial charge in [-0.1, -0.05) is 20.8 Å². The molecule has 100 valence electrons. The first-order valence-corrected chi connectivity index (χ1v) is 6.54. The minimum atomic E-state index is -0.317. The van der Waals surface area contributed by atoms with Crippen LogP contribution < -0.4 is 0 Å². The van der Waals surface area contributed by atoms with Crippen LogP contribution in [0, 0.1) is 11.8 Å². The van der Waals surface area contributed by atoms with E-state index in [4.69, 9.17) is 4.74 Å². The average molecular weight is 242 g/mol. The molecule has 1 heterocycles. The monoisotopic (exact) mass is 242 g/mol. The zero-order chi connectivity index (χ0) is 12.8. The molecule has 4 heteroatoms. The highest BCUT2D eigenvalue weighted by molar-refractivity contribution is 5.60. The fourth-order valence-electron chi connectivity index (χ4n) is 2.22. The molecule has 1 saturated heterocycles. The van der Waals surface area contributed by atoms with Crippen LogP contribution in [-0.2, 0) is 4.74 Å². The maximum Gasteiger partial charge on any atom is 0.0704 e. The van der Waals surface area contributed by atoms with Crippen molar-refractivity contribution in [3.05, 3.63) is 0 Å². The van der Waals surface area contributed by atoms with Crippen LogP contribution in [0.15, 0.2) is 5.10 Å². The lowest BCUT2D eigenvalue weighted by molar-refractivity contribution is 0.0966. The maximum absolute atomic E-state index is 9.90. The zero-order valence-electron chi connectivity index (χ0n) is 11.5. The van der Waals surface area contributed by atoms with Crippen LogP contribution in [0.3, 0.4) is 0 Å². The number of methoxy groups -OCH3 is 1. The first kappa shape index (κ1) is 14.5. The summed E-state index contributed by atoms with van der Waals surface area (Å²) in [6, 6.07) is 0.402. The second-order valence-electron chi connectivity index (χ2n) is 5.27. The van der Waals surface area contributed by atoms with Crippen LogP contribution in [0.2, 0.25) is 0 Å². The van der Waals surface area contributed by atoms with Crippen LogP contribution in [0.5, 0.6) is 0 Å². The quantitative estimate of drug-likeness (QED) is 0.722. The van der Waals surface area contributed by atoms with Gasteiger partial charge in [-0.2, -0.15) is 5.10 Å². The smallest absolute Gasteiger partial charge is 0.0704 e. The molecule has 1 aliphatic rings. The Bertz CT molecular complexity index is 244. The first-order chi connectivity index (χ1) is 8.06. The van der Waals surface area contributed by atoms with E-state index in [0.717, 1.165) is 19.6 Å². The Balaban J connectivity index is 2.46. The third-order valence-corrected chi connectivity index (χ3v) is 3.38. The summed E-state index contributed by atoms with van der Waals surface area (Å²) in [7, 11) is 1.73. The summed E-state index contributed by atoms with van der Waals surface area (Å²) in [5.41, 5.74) is 0. The Morgan fingerprint density at radius 1 is 1.47 bits per heavy atom. The highest BCUT2D eigenvalue weighted by Crippen LogP contribution is 2.18. The topological polar surface area (TPSA) is 45.1 Å². The Morgan fingerprint density at radius 3 is 2.76 bits per heavy atom. The maximum atomic E-state index is 9.90. The third-order valence-electron chi connectivity index (χ3n) is 3.38. The predicted molar refractivity (Wildman–Crippen MR) is 70.1 cm³/mol. The van der Waals surface area contributed by atoms with Gasteiger partial charge in [0.05, 0.1) is 18.8 Å². The Hall–Kier alpha value is -0.610. The highest BCUT2D eigenvalue weighted by Gasteiger charge is 2.23. The zero-order valence-corrected chi connectivity index (χ0v) is 11.5. The summed E-state index contributed by atoms with van der Waals surface area (Å²) in [5.74, 6) is 0.364. The van der Waals surface area contributed by atoms with E-state index in [-0.39, 0.29) is 17.9 Å². The number of aliphatic hydroxyl groups is 1. The van der Waals surface area contributed by atoms with Crippen LogP contribution in [0.25, 0.3) is 0 Å². The van der Waals surface area contributed by atoms with Gasteiger partial charge in [-0.25, -0.2) is 0 Å². The van der Waals surface area contributed by atoms with Crippen molar-refractivity contribution in [3.63, 3.8) is 0 Å². The van der Waals surface area contributed by atoms with E-state index in [0.29, 0.717) is 6.04 Å². The lowest BCUT2D eigenvalue weighted by Gasteiger charge is -2.23. The van der Waals surface area contributed by atoms with Gasteiger partial charge in [-0.15, -0.1) is 0 Å². The average Bonchev–Trinajstić information content (AvgIpc) is 2.73. The molecule has 0 unspecified atom stereocenters. The molecule has 4 nitrogen and oxygen atoms in total. The van der Waals surface area contributed by atoms with Crippen molar-refractivity contribution in [1.29, 1.82) is 0 Å². The molecule has 0 aromatic rings. The number of nitrogens with zero attached hydrogens (tertiary/aromatic N) is 2. The molecule has 0 amide bonds. The molecule has 0 aliphatic carbocycles. The predicted octanol–water partition coefficient (Wildman–Crippen LogP) is 1.74. The molecule has 1 fully saturated rings. The number of hydrogen-bond donors (Lipinski definition) is 1. The number of rotatable bonds is 6. The van der Waals surface area contributed by atoms with Crippen molar-refractivity contribution in [1.82, 2.24) is 5.01 Å². The summed E-state index contributed by atoms with van der Waals surface area (Å²) >= 11 is 0. The van der Waals surface area contributed by atoms with Gasteiger partial charge in [0.2, 0.25) is 0 Å². The van der Waals surface area contributed by atoms with Gasteiger partial charge in [0.15, 0.2) is 0 Å². The summed E-state index contributed by atoms with van der Waals surface area (Å²) < 4.78 is 5.18. The van der Waals surface area contributed by atoms with Gasteiger partial charge >= 0.3 is 0 Å². The first-order valence-electron chi connectivity index (χ1n) is 6.54. The molecular formula is C13H26N2O2. The number of hydrazone groups is 1. The minimum Gasteiger partial charge on any atom is -0.392 e. The van der Waals surface area contributed by atoms with Gasteiger partial charge in [-0.05, 0) is 18.8 Å². The van der Waals surface area contributed by atoms with E-state index in [1.807, 2.05) is 27.0 Å². The molecule has 0 saturated carbocycles. The van der Waals surface area contributed by atoms with Crippen LogP contribution in [-0.4, -0.2) is 48.7 Å². The molecule has 0 spiro atoms. The standard InChI is InChI=1S/C13H26N2O2/c1-10(2)13(16)11(3)8-14-15-7-5-6-12(15)9-17-4/h8,10-13,16H,5-7,9H2,1-4H3/b14-8+/t11-,12-,13-/m0/s1. The lowest BCUT2D eigenvalue weighted by atomic mass is 9.96. The number of ether oxygens (including phenoxy) is 1. The lowest BCUT2D eigenvalue weighted by Crippen LogP contribution is -2.30. The highest BCUT2D eigenvalue weighted by atomic mass is 16.5. The van der Waals surface area contributed by atoms with Crippen LogP contribution >= 0.6 is 0 Å². The van der Waals surface area contributed by atoms with Gasteiger partial charge in [0.1, 0.15) is 0 Å². The molecule has 3 atom stereocenters. The summed E-state index contributed by atoms with van der Waals surface area (Å²) in [6.45, 7) is 7.79. The summed E-state index contributed by atoms with van der Waals surface area (Å²) in [6.07, 6.45) is 3.87. The largest absolute Gasteiger partial charge is 0.392 e. The van der Waals surface area contributed by atoms with Gasteiger partial charge in [0, 0.05) is 25.8 Å². The SMILES string of the molecule is COC[C@@H]1CCCN1/N=C/[C@H](C)[C@@H](O)C(C)C. The fraction of sp³-hybridized carbons (Fsp3) is 0.923. The molecule has 0 bridgehead atoms. The molecule has 1 N–H and O–H groups in total. The van der Waals surface area contributed by atoms with Crippen molar-refractivity contribution in [2.75, 3.05) is 20.3 Å². The van der Waals surface area contributed by atoms with Gasteiger partial charge in [-0.3, -0.25) is 5.01 Å². The van der Waals surface area contributed by atoms with E-state index in [1.54, 1.807) is 7.11 Å². The van der Waals surface area contributed by atoms with Crippen LogP contribution in [0.4, 0.5) is 0 Å². The fourth-order valence-corrected chi connectivity index (χ4v) is 2.22. The van der Waals surface area contributed by atoms with Crippen molar-refractivity contribution in [2.24, 2.45) is 16.9 Å². The minimum absolute atomic E-state index is 0.0961. The van der Waals surface area contributed by atoms with Crippen molar-refractivity contribution in [2.45, 2.75) is 45.8 Å². The summed E-state index contributed by atoms with van der Waals surface area (Å²) in [5, 5.41) is 16.5. The van der Waals surface area contributed by atoms with Crippen molar-refractivity contribution >= 4 is 6.21 Å². The molecule has 0 radical (unpaired) electrons. The Kier molecular flexibility index (Phi) is 5.92. The van der Waals surface area contributed by atoms with Gasteiger partial charge in [0.25, 0.3) is 0 Å². The van der Waals surface area contributed by atoms with E-state index in [1.165, 1.54) is 6.42 Å². The van der Waals surface area contributed by atoms with Crippen LogP contribution in [0.1, 0.15) is 33.6 Å². The second-order valence-corrected chi connectivity index (χ2v) is 5.27. The normalized spacial score (nSPS) is 24.8. The Labute approximate surface area is 105 Å². The molecule has 0 aromatic heterocycles. The molecule has 1 aliphatic heterocycles. The van der Waals surface area contributed by atoms with E-state index in [9.17, 15) is 5.11 Å². The molecule has 17 heavy (non-hydrogen) atoms. The van der Waals surface area contributed by atoms with E-state index >= 15 is 0 Å². The second kappa shape index (κ2) is 6.97. The summed E-state index contributed by atoms with van der Waals surface area (Å²) in [4.78, 5) is 0. The molecular weight excluding hydrogens is 216 g/mol. The number of aliphatic hydroxyl groups excluding tert-OH is 1. The van der Waals surface area contributed by atoms with E-state index in [2.05, 4.69) is 10.1 Å². The van der Waals surface area contributed by atoms with Crippen molar-refractivity contribution in [3.8, 4) is 0 Å². The van der Waals surface area contributed by atoms with Crippen molar-refractivity contribution < 1.29 is 9.84 Å². The van der Waals surface area contributed by atoms with Gasteiger partial charge < -0.3 is 9.84 Å². The Morgan fingerprint density at radius 2 is 2.18 bits per heavy atom. The molecule has 1 rings (SSSR count). The van der Waals surface area contributed by atoms with E-state index < -0.39 is 0 Å².